The summed E-state index contributed by atoms with van der Waals surface area (Å²) in [6, 6.07) is 17.2. The van der Waals surface area contributed by atoms with Gasteiger partial charge in [0.25, 0.3) is 0 Å². The maximum atomic E-state index is 14.1. The SMILES string of the molecule is Fc1ccc2c(c1Br)-n1c3ccccc3c3cccc(c31)O2. The van der Waals surface area contributed by atoms with Crippen molar-refractivity contribution in [3.05, 3.63) is 64.9 Å². The third kappa shape index (κ3) is 1.38. The average Bonchev–Trinajstić information content (AvgIpc) is 2.88. The topological polar surface area (TPSA) is 14.2 Å². The number of benzene rings is 3. The number of para-hydroxylation sites is 2. The number of nitrogens with zero attached hydrogens (tertiary/aromatic N) is 1. The summed E-state index contributed by atoms with van der Waals surface area (Å²) in [5.74, 6) is 1.14. The van der Waals surface area contributed by atoms with E-state index in [0.29, 0.717) is 15.9 Å². The van der Waals surface area contributed by atoms with Crippen LogP contribution in [0.2, 0.25) is 0 Å². The number of hydrogen-bond donors (Lipinski definition) is 0. The normalized spacial score (nSPS) is 12.5. The Morgan fingerprint density at radius 3 is 2.59 bits per heavy atom. The third-order valence-corrected chi connectivity index (χ3v) is 4.89. The molecule has 3 aromatic carbocycles. The van der Waals surface area contributed by atoms with Crippen molar-refractivity contribution in [2.24, 2.45) is 0 Å². The lowest BCUT2D eigenvalue weighted by molar-refractivity contribution is 0.473. The fraction of sp³-hybridized carbons (Fsp3) is 0. The monoisotopic (exact) mass is 353 g/mol. The van der Waals surface area contributed by atoms with Crippen LogP contribution in [0.25, 0.3) is 27.5 Å². The van der Waals surface area contributed by atoms with E-state index in [2.05, 4.69) is 32.6 Å². The molecule has 0 radical (unpaired) electrons. The number of halogens is 2. The van der Waals surface area contributed by atoms with Gasteiger partial charge >= 0.3 is 0 Å². The fourth-order valence-corrected chi connectivity index (χ4v) is 3.74. The highest BCUT2D eigenvalue weighted by atomic mass is 79.9. The third-order valence-electron chi connectivity index (χ3n) is 4.13. The highest BCUT2D eigenvalue weighted by molar-refractivity contribution is 9.10. The molecule has 1 aromatic heterocycles. The van der Waals surface area contributed by atoms with Gasteiger partial charge in [0.15, 0.2) is 11.5 Å². The van der Waals surface area contributed by atoms with Gasteiger partial charge in [-0.2, -0.15) is 0 Å². The first-order valence-electron chi connectivity index (χ1n) is 6.94. The largest absolute Gasteiger partial charge is 0.453 e. The summed E-state index contributed by atoms with van der Waals surface area (Å²) in [5, 5.41) is 2.24. The molecular weight excluding hydrogens is 345 g/mol. The predicted molar refractivity (Wildman–Crippen MR) is 88.5 cm³/mol. The molecule has 0 unspecified atom stereocenters. The highest BCUT2D eigenvalue weighted by Crippen LogP contribution is 2.47. The van der Waals surface area contributed by atoms with Gasteiger partial charge in [-0.05, 0) is 40.2 Å². The molecule has 1 aliphatic heterocycles. The van der Waals surface area contributed by atoms with Crippen molar-refractivity contribution in [1.29, 1.82) is 0 Å². The standard InChI is InChI=1S/C18H9BrFNO/c19-16-12(20)8-9-15-18(16)21-13-6-2-1-4-10(13)11-5-3-7-14(22-15)17(11)21/h1-9H. The van der Waals surface area contributed by atoms with E-state index in [0.717, 1.165) is 27.6 Å². The van der Waals surface area contributed by atoms with Crippen LogP contribution in [0.5, 0.6) is 11.5 Å². The minimum absolute atomic E-state index is 0.298. The second-order valence-corrected chi connectivity index (χ2v) is 6.11. The van der Waals surface area contributed by atoms with E-state index in [9.17, 15) is 4.39 Å². The van der Waals surface area contributed by atoms with Crippen molar-refractivity contribution in [1.82, 2.24) is 4.57 Å². The number of ether oxygens (including phenoxy) is 1. The molecule has 5 rings (SSSR count). The van der Waals surface area contributed by atoms with Crippen molar-refractivity contribution in [2.45, 2.75) is 0 Å². The van der Waals surface area contributed by atoms with Crippen molar-refractivity contribution < 1.29 is 9.13 Å². The van der Waals surface area contributed by atoms with Gasteiger partial charge in [-0.15, -0.1) is 0 Å². The van der Waals surface area contributed by atoms with E-state index >= 15 is 0 Å². The van der Waals surface area contributed by atoms with E-state index in [1.165, 1.54) is 6.07 Å². The summed E-state index contributed by atoms with van der Waals surface area (Å²) < 4.78 is 22.5. The Morgan fingerprint density at radius 2 is 1.68 bits per heavy atom. The zero-order valence-corrected chi connectivity index (χ0v) is 12.9. The number of rotatable bonds is 0. The second-order valence-electron chi connectivity index (χ2n) is 5.32. The molecule has 0 amide bonds. The Morgan fingerprint density at radius 1 is 0.864 bits per heavy atom. The summed E-state index contributed by atoms with van der Waals surface area (Å²) in [6.45, 7) is 0. The Balaban J connectivity index is 2.10. The van der Waals surface area contributed by atoms with Crippen molar-refractivity contribution in [3.63, 3.8) is 0 Å². The summed E-state index contributed by atoms with van der Waals surface area (Å²) in [5.41, 5.74) is 2.73. The van der Waals surface area contributed by atoms with E-state index in [-0.39, 0.29) is 5.82 Å². The van der Waals surface area contributed by atoms with Crippen LogP contribution in [0, 0.1) is 5.82 Å². The van der Waals surface area contributed by atoms with Gasteiger partial charge in [0.05, 0.1) is 15.5 Å². The molecule has 0 fully saturated rings. The molecule has 4 aromatic rings. The minimum Gasteiger partial charge on any atom is -0.453 e. The van der Waals surface area contributed by atoms with Crippen molar-refractivity contribution in [2.75, 3.05) is 0 Å². The Kier molecular flexibility index (Phi) is 2.29. The van der Waals surface area contributed by atoms with Gasteiger partial charge in [0.1, 0.15) is 11.5 Å². The predicted octanol–water partition coefficient (Wildman–Crippen LogP) is 5.79. The summed E-state index contributed by atoms with van der Waals surface area (Å²) in [7, 11) is 0. The van der Waals surface area contributed by atoms with Gasteiger partial charge in [0, 0.05) is 10.8 Å². The van der Waals surface area contributed by atoms with Crippen LogP contribution in [0.15, 0.2) is 59.1 Å². The Bertz CT molecular complexity index is 1080. The van der Waals surface area contributed by atoms with Crippen LogP contribution in [0.4, 0.5) is 4.39 Å². The van der Waals surface area contributed by atoms with E-state index in [1.54, 1.807) is 6.07 Å². The smallest absolute Gasteiger partial charge is 0.152 e. The van der Waals surface area contributed by atoms with E-state index in [1.807, 2.05) is 30.3 Å². The maximum absolute atomic E-state index is 14.1. The zero-order valence-electron chi connectivity index (χ0n) is 11.3. The number of fused-ring (bicyclic) bond motifs is 5. The molecule has 0 aliphatic carbocycles. The van der Waals surface area contributed by atoms with Crippen LogP contribution in [-0.4, -0.2) is 4.57 Å². The first-order chi connectivity index (χ1) is 10.8. The van der Waals surface area contributed by atoms with Crippen LogP contribution >= 0.6 is 15.9 Å². The Labute approximate surface area is 133 Å². The lowest BCUT2D eigenvalue weighted by atomic mass is 10.1. The fourth-order valence-electron chi connectivity index (χ4n) is 3.23. The quantitative estimate of drug-likeness (QED) is 0.343. The molecule has 1 aliphatic rings. The van der Waals surface area contributed by atoms with Gasteiger partial charge in [-0.25, -0.2) is 4.39 Å². The number of hydrogen-bond acceptors (Lipinski definition) is 1. The summed E-state index contributed by atoms with van der Waals surface area (Å²) in [4.78, 5) is 0. The van der Waals surface area contributed by atoms with Crippen LogP contribution in [0.1, 0.15) is 0 Å². The van der Waals surface area contributed by atoms with Crippen LogP contribution < -0.4 is 4.74 Å². The van der Waals surface area contributed by atoms with Gasteiger partial charge in [0.2, 0.25) is 0 Å². The van der Waals surface area contributed by atoms with Crippen LogP contribution in [0.3, 0.4) is 0 Å². The maximum Gasteiger partial charge on any atom is 0.152 e. The number of aromatic nitrogens is 1. The molecule has 0 saturated heterocycles. The first kappa shape index (κ1) is 12.2. The lowest BCUT2D eigenvalue weighted by Crippen LogP contribution is -2.05. The Hall–Kier alpha value is -2.33. The first-order valence-corrected chi connectivity index (χ1v) is 7.73. The van der Waals surface area contributed by atoms with Gasteiger partial charge < -0.3 is 9.30 Å². The molecule has 0 spiro atoms. The van der Waals surface area contributed by atoms with Crippen molar-refractivity contribution >= 4 is 37.7 Å². The molecule has 0 N–H and O–H groups in total. The molecular formula is C18H9BrFNO. The van der Waals surface area contributed by atoms with E-state index < -0.39 is 0 Å². The second kappa shape index (κ2) is 4.11. The minimum atomic E-state index is -0.298. The zero-order chi connectivity index (χ0) is 14.8. The molecule has 0 atom stereocenters. The van der Waals surface area contributed by atoms with Gasteiger partial charge in [-0.1, -0.05) is 30.3 Å². The molecule has 0 saturated carbocycles. The molecule has 2 nitrogen and oxygen atoms in total. The molecule has 0 bridgehead atoms. The highest BCUT2D eigenvalue weighted by Gasteiger charge is 2.26. The van der Waals surface area contributed by atoms with Gasteiger partial charge in [-0.3, -0.25) is 0 Å². The summed E-state index contributed by atoms with van der Waals surface area (Å²) >= 11 is 3.38. The molecule has 4 heteroatoms. The van der Waals surface area contributed by atoms with Crippen LogP contribution in [-0.2, 0) is 0 Å². The molecule has 22 heavy (non-hydrogen) atoms. The van der Waals surface area contributed by atoms with E-state index in [4.69, 9.17) is 4.74 Å². The average molecular weight is 354 g/mol. The molecule has 106 valence electrons. The molecule has 2 heterocycles. The van der Waals surface area contributed by atoms with Crippen molar-refractivity contribution in [3.8, 4) is 17.2 Å². The lowest BCUT2D eigenvalue weighted by Gasteiger charge is -2.22. The summed E-state index contributed by atoms with van der Waals surface area (Å²) in [6.07, 6.45) is 0.